The van der Waals surface area contributed by atoms with Gasteiger partial charge in [0.25, 0.3) is 5.56 Å². The average molecular weight is 420 g/mol. The van der Waals surface area contributed by atoms with E-state index in [0.717, 1.165) is 0 Å². The number of hydrogen-bond acceptors (Lipinski definition) is 7. The van der Waals surface area contributed by atoms with Gasteiger partial charge in [0, 0.05) is 12.1 Å². The summed E-state index contributed by atoms with van der Waals surface area (Å²) in [6, 6.07) is 12.4. The van der Waals surface area contributed by atoms with E-state index < -0.39 is 11.4 Å². The van der Waals surface area contributed by atoms with Crippen LogP contribution in [-0.2, 0) is 0 Å². The number of anilines is 1. The number of methoxy groups -OCH3 is 3. The molecule has 0 bridgehead atoms. The number of ether oxygens (including phenoxy) is 3. The van der Waals surface area contributed by atoms with Gasteiger partial charge in [-0.15, -0.1) is 0 Å². The first-order valence-electron chi connectivity index (χ1n) is 9.28. The second-order valence-corrected chi connectivity index (χ2v) is 6.63. The van der Waals surface area contributed by atoms with Crippen molar-refractivity contribution in [3.05, 3.63) is 74.5 Å². The van der Waals surface area contributed by atoms with Crippen LogP contribution in [0.4, 0.5) is 5.69 Å². The third kappa shape index (κ3) is 3.35. The molecule has 0 saturated heterocycles. The van der Waals surface area contributed by atoms with Crippen molar-refractivity contribution in [3.63, 3.8) is 0 Å². The van der Waals surface area contributed by atoms with Crippen LogP contribution >= 0.6 is 0 Å². The van der Waals surface area contributed by atoms with Crippen LogP contribution in [0.1, 0.15) is 11.1 Å². The summed E-state index contributed by atoms with van der Waals surface area (Å²) in [4.78, 5) is 15.2. The summed E-state index contributed by atoms with van der Waals surface area (Å²) < 4.78 is 16.2. The number of para-hydroxylation sites is 1. The first kappa shape index (κ1) is 20.0. The molecular weight excluding hydrogens is 400 g/mol. The van der Waals surface area contributed by atoms with Crippen LogP contribution in [0.2, 0.25) is 0 Å². The van der Waals surface area contributed by atoms with Crippen LogP contribution in [0.15, 0.2) is 52.4 Å². The van der Waals surface area contributed by atoms with Crippen LogP contribution < -0.4 is 35.4 Å². The Morgan fingerprint density at radius 1 is 1.06 bits per heavy atom. The van der Waals surface area contributed by atoms with Gasteiger partial charge in [0.05, 0.1) is 37.8 Å². The number of nitrogens with one attached hydrogen (secondary N) is 2. The van der Waals surface area contributed by atoms with E-state index in [9.17, 15) is 9.90 Å². The molecule has 0 aliphatic carbocycles. The Kier molecular flexibility index (Phi) is 5.08. The number of H-pyrrole nitrogens is 1. The maximum Gasteiger partial charge on any atom is 0.260 e. The van der Waals surface area contributed by atoms with E-state index in [-0.39, 0.29) is 22.0 Å². The maximum absolute atomic E-state index is 12.8. The zero-order valence-corrected chi connectivity index (χ0v) is 17.1. The Morgan fingerprint density at radius 3 is 2.29 bits per heavy atom. The van der Waals surface area contributed by atoms with E-state index in [1.807, 2.05) is 18.2 Å². The van der Waals surface area contributed by atoms with E-state index in [1.54, 1.807) is 30.3 Å². The maximum atomic E-state index is 12.8. The van der Waals surface area contributed by atoms with Crippen LogP contribution in [0.25, 0.3) is 6.08 Å². The molecule has 1 aliphatic heterocycles. The lowest BCUT2D eigenvalue weighted by Gasteiger charge is -2.13. The number of aromatic amines is 1. The molecule has 3 aromatic rings. The zero-order valence-electron chi connectivity index (χ0n) is 17.1. The molecule has 2 aromatic carbocycles. The van der Waals surface area contributed by atoms with E-state index in [1.165, 1.54) is 26.3 Å². The van der Waals surface area contributed by atoms with E-state index in [0.29, 0.717) is 28.5 Å². The van der Waals surface area contributed by atoms with Crippen LogP contribution in [-0.4, -0.2) is 37.3 Å². The van der Waals surface area contributed by atoms with Crippen molar-refractivity contribution < 1.29 is 19.3 Å². The van der Waals surface area contributed by atoms with Gasteiger partial charge in [0.2, 0.25) is 5.88 Å². The average Bonchev–Trinajstić information content (AvgIpc) is 3.14. The number of fused-ring (bicyclic) bond motifs is 1. The molecule has 9 heteroatoms. The molecule has 31 heavy (non-hydrogen) atoms. The molecule has 0 radical (unpaired) electrons. The molecule has 4 rings (SSSR count). The molecule has 9 nitrogen and oxygen atoms in total. The summed E-state index contributed by atoms with van der Waals surface area (Å²) in [5.74, 6) is 0.893. The number of benzene rings is 2. The number of amidine groups is 1. The fourth-order valence-corrected chi connectivity index (χ4v) is 3.38. The second-order valence-electron chi connectivity index (χ2n) is 6.63. The number of nitrogens with zero attached hydrogens (tertiary/aromatic N) is 2. The molecule has 0 amide bonds. The minimum atomic E-state index is -0.567. The molecule has 0 spiro atoms. The Labute approximate surface area is 177 Å². The van der Waals surface area contributed by atoms with Gasteiger partial charge in [-0.3, -0.25) is 15.2 Å². The van der Waals surface area contributed by atoms with Crippen molar-refractivity contribution in [1.29, 1.82) is 5.41 Å². The van der Waals surface area contributed by atoms with E-state index >= 15 is 0 Å². The minimum Gasteiger partial charge on any atom is -0.496 e. The van der Waals surface area contributed by atoms with Crippen LogP contribution in [0, 0.1) is 5.41 Å². The topological polar surface area (TPSA) is 120 Å². The van der Waals surface area contributed by atoms with Gasteiger partial charge in [-0.25, -0.2) is 5.01 Å². The summed E-state index contributed by atoms with van der Waals surface area (Å²) in [5, 5.41) is 25.0. The van der Waals surface area contributed by atoms with Crippen molar-refractivity contribution in [2.45, 2.75) is 0 Å². The molecule has 0 atom stereocenters. The Morgan fingerprint density at radius 2 is 1.71 bits per heavy atom. The Balaban J connectivity index is 2.03. The Bertz CT molecular complexity index is 1320. The third-order valence-electron chi connectivity index (χ3n) is 4.90. The van der Waals surface area contributed by atoms with E-state index in [2.05, 4.69) is 10.1 Å². The summed E-state index contributed by atoms with van der Waals surface area (Å²) >= 11 is 0. The van der Waals surface area contributed by atoms with Crippen LogP contribution in [0.3, 0.4) is 0 Å². The molecule has 0 saturated carbocycles. The van der Waals surface area contributed by atoms with Gasteiger partial charge in [0.15, 0.2) is 5.84 Å². The number of hydrogen-bond donors (Lipinski definition) is 3. The van der Waals surface area contributed by atoms with Gasteiger partial charge in [0.1, 0.15) is 28.2 Å². The molecular formula is C22H20N4O5. The summed E-state index contributed by atoms with van der Waals surface area (Å²) in [6.45, 7) is 0. The highest BCUT2D eigenvalue weighted by Gasteiger charge is 2.27. The largest absolute Gasteiger partial charge is 0.496 e. The summed E-state index contributed by atoms with van der Waals surface area (Å²) in [6.07, 6.45) is 1.56. The van der Waals surface area contributed by atoms with E-state index in [4.69, 9.17) is 19.6 Å². The summed E-state index contributed by atoms with van der Waals surface area (Å²) in [7, 11) is 4.51. The number of aromatic nitrogens is 1. The molecule has 158 valence electrons. The molecule has 3 N–H and O–H groups in total. The first-order chi connectivity index (χ1) is 15.0. The number of aromatic hydroxyl groups is 1. The smallest absolute Gasteiger partial charge is 0.260 e. The van der Waals surface area contributed by atoms with Gasteiger partial charge in [-0.1, -0.05) is 18.2 Å². The standard InChI is InChI=1S/C22H20N4O5/c1-29-13-9-16(30-2)14(17(10-13)31-3)11-15-19-18(22(28)24-21(15)27)20(23)26(25-19)12-7-5-4-6-8-12/h4-11,23,28H,1-3H3,(H,24,27)/b15-11+,23-20?. The minimum absolute atomic E-state index is 0.0572. The molecule has 1 aliphatic rings. The Hall–Kier alpha value is -4.27. The molecule has 0 fully saturated rings. The first-order valence-corrected chi connectivity index (χ1v) is 9.28. The van der Waals surface area contributed by atoms with Crippen LogP contribution in [0.5, 0.6) is 23.1 Å². The van der Waals surface area contributed by atoms with Gasteiger partial charge < -0.3 is 19.3 Å². The normalized spacial score (nSPS) is 13.1. The van der Waals surface area contributed by atoms with Crippen molar-refractivity contribution >= 4 is 17.6 Å². The monoisotopic (exact) mass is 420 g/mol. The number of rotatable bonds is 5. The third-order valence-corrected chi connectivity index (χ3v) is 4.90. The predicted molar refractivity (Wildman–Crippen MR) is 115 cm³/mol. The highest BCUT2D eigenvalue weighted by molar-refractivity contribution is 6.10. The highest BCUT2D eigenvalue weighted by atomic mass is 16.5. The molecule has 1 aromatic heterocycles. The fraction of sp³-hybridized carbons (Fsp3) is 0.136. The van der Waals surface area contributed by atoms with Crippen molar-refractivity contribution in [2.75, 3.05) is 26.3 Å². The summed E-state index contributed by atoms with van der Waals surface area (Å²) in [5.41, 5.74) is 0.675. The van der Waals surface area contributed by atoms with Gasteiger partial charge >= 0.3 is 0 Å². The van der Waals surface area contributed by atoms with Gasteiger partial charge in [-0.2, -0.15) is 5.10 Å². The highest BCUT2D eigenvalue weighted by Crippen LogP contribution is 2.34. The number of pyridine rings is 1. The SMILES string of the molecule is COc1cc(OC)c(/C=c2/c(=O)[nH]c(O)c3c2=NN(c2ccccc2)C3=N)c(OC)c1. The van der Waals surface area contributed by atoms with Crippen molar-refractivity contribution in [2.24, 2.45) is 5.10 Å². The lowest BCUT2D eigenvalue weighted by atomic mass is 10.1. The lowest BCUT2D eigenvalue weighted by Crippen LogP contribution is -2.42. The van der Waals surface area contributed by atoms with Crippen molar-refractivity contribution in [3.8, 4) is 23.1 Å². The predicted octanol–water partition coefficient (Wildman–Crippen LogP) is 1.32. The fourth-order valence-electron chi connectivity index (χ4n) is 3.38. The molecule has 2 heterocycles. The van der Waals surface area contributed by atoms with Crippen molar-refractivity contribution in [1.82, 2.24) is 4.98 Å². The second kappa shape index (κ2) is 7.86. The molecule has 0 unspecified atom stereocenters. The lowest BCUT2D eigenvalue weighted by molar-refractivity contribution is 0.374. The zero-order chi connectivity index (χ0) is 22.1. The van der Waals surface area contributed by atoms with Gasteiger partial charge in [-0.05, 0) is 18.2 Å². The quantitative estimate of drug-likeness (QED) is 0.573.